The predicted molar refractivity (Wildman–Crippen MR) is 72.9 cm³/mol. The van der Waals surface area contributed by atoms with Crippen molar-refractivity contribution >= 4 is 17.5 Å². The molecule has 2 fully saturated rings. The molecular weight excluding hydrogens is 276 g/mol. The van der Waals surface area contributed by atoms with E-state index in [2.05, 4.69) is 10.6 Å². The molecular formula is C13H16N4O4. The number of phenolic OH excluding ortho intramolecular Hbond substituents is 1. The van der Waals surface area contributed by atoms with Crippen LogP contribution in [-0.2, 0) is 9.59 Å². The Bertz CT molecular complexity index is 590. The SMILES string of the molecule is N[C@@]12C[C@@H](O)CN1C(=O)[C@H](Nc1ccc(O)cc1)NC2=O. The average Bonchev–Trinajstić information content (AvgIpc) is 2.75. The highest BCUT2D eigenvalue weighted by Gasteiger charge is 2.55. The minimum atomic E-state index is -1.48. The van der Waals surface area contributed by atoms with Gasteiger partial charge in [-0.25, -0.2) is 0 Å². The van der Waals surface area contributed by atoms with E-state index in [1.54, 1.807) is 12.1 Å². The third-order valence-electron chi connectivity index (χ3n) is 3.78. The summed E-state index contributed by atoms with van der Waals surface area (Å²) < 4.78 is 0. The topological polar surface area (TPSA) is 128 Å². The highest BCUT2D eigenvalue weighted by Crippen LogP contribution is 2.29. The summed E-state index contributed by atoms with van der Waals surface area (Å²) in [5.74, 6) is -0.806. The minimum absolute atomic E-state index is 0.0243. The molecule has 3 rings (SSSR count). The number of amides is 2. The van der Waals surface area contributed by atoms with Crippen LogP contribution in [0.15, 0.2) is 24.3 Å². The molecule has 8 heteroatoms. The quantitative estimate of drug-likeness (QED) is 0.422. The summed E-state index contributed by atoms with van der Waals surface area (Å²) in [4.78, 5) is 25.7. The molecule has 0 bridgehead atoms. The Morgan fingerprint density at radius 2 is 2.00 bits per heavy atom. The van der Waals surface area contributed by atoms with Gasteiger partial charge in [0.15, 0.2) is 11.8 Å². The molecule has 0 radical (unpaired) electrons. The van der Waals surface area contributed by atoms with Gasteiger partial charge < -0.3 is 31.5 Å². The van der Waals surface area contributed by atoms with Crippen LogP contribution >= 0.6 is 0 Å². The predicted octanol–water partition coefficient (Wildman–Crippen LogP) is -1.49. The van der Waals surface area contributed by atoms with Crippen LogP contribution in [0.4, 0.5) is 5.69 Å². The van der Waals surface area contributed by atoms with Crippen molar-refractivity contribution in [2.24, 2.45) is 5.73 Å². The third-order valence-corrected chi connectivity index (χ3v) is 3.78. The van der Waals surface area contributed by atoms with E-state index in [0.717, 1.165) is 0 Å². The lowest BCUT2D eigenvalue weighted by atomic mass is 10.0. The molecule has 112 valence electrons. The maximum atomic E-state index is 12.4. The normalized spacial score (nSPS) is 31.8. The van der Waals surface area contributed by atoms with Gasteiger partial charge in [-0.15, -0.1) is 0 Å². The zero-order valence-corrected chi connectivity index (χ0v) is 11.1. The van der Waals surface area contributed by atoms with Crippen molar-refractivity contribution in [1.82, 2.24) is 10.2 Å². The molecule has 6 N–H and O–H groups in total. The van der Waals surface area contributed by atoms with Crippen LogP contribution in [0.25, 0.3) is 0 Å². The average molecular weight is 292 g/mol. The summed E-state index contributed by atoms with van der Waals surface area (Å²) in [6, 6.07) is 6.09. The molecule has 8 nitrogen and oxygen atoms in total. The van der Waals surface area contributed by atoms with Crippen LogP contribution in [0, 0.1) is 0 Å². The number of nitrogens with zero attached hydrogens (tertiary/aromatic N) is 1. The number of piperazine rings is 1. The number of aliphatic hydroxyl groups is 1. The summed E-state index contributed by atoms with van der Waals surface area (Å²) in [6.07, 6.45) is -1.74. The number of phenols is 1. The third kappa shape index (κ3) is 2.18. The van der Waals surface area contributed by atoms with Crippen LogP contribution in [0.1, 0.15) is 6.42 Å². The number of aliphatic hydroxyl groups excluding tert-OH is 1. The number of nitrogens with one attached hydrogen (secondary N) is 2. The Balaban J connectivity index is 1.81. The number of nitrogens with two attached hydrogens (primary N) is 1. The van der Waals surface area contributed by atoms with E-state index in [4.69, 9.17) is 5.73 Å². The molecule has 0 unspecified atom stereocenters. The van der Waals surface area contributed by atoms with Crippen molar-refractivity contribution in [3.63, 3.8) is 0 Å². The van der Waals surface area contributed by atoms with Gasteiger partial charge in [-0.2, -0.15) is 0 Å². The lowest BCUT2D eigenvalue weighted by Gasteiger charge is -2.41. The van der Waals surface area contributed by atoms with Crippen molar-refractivity contribution in [1.29, 1.82) is 0 Å². The zero-order chi connectivity index (χ0) is 15.2. The molecule has 2 amide bonds. The molecule has 1 aromatic carbocycles. The van der Waals surface area contributed by atoms with E-state index in [1.807, 2.05) is 0 Å². The first-order valence-electron chi connectivity index (χ1n) is 6.55. The molecule has 21 heavy (non-hydrogen) atoms. The van der Waals surface area contributed by atoms with Crippen LogP contribution in [0.2, 0.25) is 0 Å². The molecule has 0 spiro atoms. The van der Waals surface area contributed by atoms with E-state index >= 15 is 0 Å². The van der Waals surface area contributed by atoms with Crippen molar-refractivity contribution in [2.75, 3.05) is 11.9 Å². The molecule has 1 aromatic rings. The smallest absolute Gasteiger partial charge is 0.267 e. The van der Waals surface area contributed by atoms with Gasteiger partial charge in [-0.3, -0.25) is 9.59 Å². The summed E-state index contributed by atoms with van der Waals surface area (Å²) in [5, 5.41) is 24.3. The van der Waals surface area contributed by atoms with E-state index in [-0.39, 0.29) is 18.7 Å². The standard InChI is InChI=1S/C13H16N4O4/c14-13-5-9(19)6-17(13)11(20)10(16-12(13)21)15-7-1-3-8(18)4-2-7/h1-4,9-10,15,18-19H,5-6,14H2,(H,16,21)/t9-,10-,13+/m1/s1. The Labute approximate surface area is 120 Å². The van der Waals surface area contributed by atoms with Crippen molar-refractivity contribution in [2.45, 2.75) is 24.4 Å². The highest BCUT2D eigenvalue weighted by molar-refractivity contribution is 6.01. The zero-order valence-electron chi connectivity index (χ0n) is 11.1. The molecule has 0 aliphatic carbocycles. The van der Waals surface area contributed by atoms with Gasteiger partial charge in [-0.05, 0) is 24.3 Å². The number of rotatable bonds is 2. The van der Waals surface area contributed by atoms with Crippen molar-refractivity contribution < 1.29 is 19.8 Å². The van der Waals surface area contributed by atoms with Crippen molar-refractivity contribution in [3.05, 3.63) is 24.3 Å². The maximum Gasteiger partial charge on any atom is 0.267 e. The number of anilines is 1. The van der Waals surface area contributed by atoms with Crippen molar-refractivity contribution in [3.8, 4) is 5.75 Å². The number of benzene rings is 1. The molecule has 2 heterocycles. The number of hydrogen-bond acceptors (Lipinski definition) is 6. The van der Waals surface area contributed by atoms with Gasteiger partial charge in [0.25, 0.3) is 11.8 Å². The fourth-order valence-electron chi connectivity index (χ4n) is 2.71. The first kappa shape index (κ1) is 13.7. The van der Waals surface area contributed by atoms with Crippen LogP contribution in [0.5, 0.6) is 5.75 Å². The summed E-state index contributed by atoms with van der Waals surface area (Å²) in [6.45, 7) is 0.0382. The fourth-order valence-corrected chi connectivity index (χ4v) is 2.71. The van der Waals surface area contributed by atoms with E-state index in [9.17, 15) is 19.8 Å². The molecule has 2 saturated heterocycles. The second kappa shape index (κ2) is 4.61. The lowest BCUT2D eigenvalue weighted by Crippen LogP contribution is -2.73. The summed E-state index contributed by atoms with van der Waals surface area (Å²) >= 11 is 0. The summed E-state index contributed by atoms with van der Waals surface area (Å²) in [5.41, 5.74) is 5.02. The van der Waals surface area contributed by atoms with Gasteiger partial charge in [0.05, 0.1) is 6.10 Å². The second-order valence-electron chi connectivity index (χ2n) is 5.33. The number of carbonyl (C=O) groups excluding carboxylic acids is 2. The van der Waals surface area contributed by atoms with Crippen LogP contribution < -0.4 is 16.4 Å². The Morgan fingerprint density at radius 1 is 1.33 bits per heavy atom. The number of hydrogen-bond donors (Lipinski definition) is 5. The Hall–Kier alpha value is -2.32. The molecule has 0 aromatic heterocycles. The Morgan fingerprint density at radius 3 is 2.67 bits per heavy atom. The van der Waals surface area contributed by atoms with E-state index in [1.165, 1.54) is 17.0 Å². The molecule has 0 saturated carbocycles. The van der Waals surface area contributed by atoms with Gasteiger partial charge in [0.1, 0.15) is 5.75 Å². The number of fused-ring (bicyclic) bond motifs is 1. The Kier molecular flexibility index (Phi) is 2.99. The van der Waals surface area contributed by atoms with Gasteiger partial charge >= 0.3 is 0 Å². The number of aromatic hydroxyl groups is 1. The molecule has 3 atom stereocenters. The summed E-state index contributed by atoms with van der Waals surface area (Å²) in [7, 11) is 0. The molecule has 2 aliphatic heterocycles. The first-order valence-corrected chi connectivity index (χ1v) is 6.55. The second-order valence-corrected chi connectivity index (χ2v) is 5.33. The van der Waals surface area contributed by atoms with E-state index < -0.39 is 29.7 Å². The lowest BCUT2D eigenvalue weighted by molar-refractivity contribution is -0.153. The largest absolute Gasteiger partial charge is 0.508 e. The van der Waals surface area contributed by atoms with Gasteiger partial charge in [-0.1, -0.05) is 0 Å². The minimum Gasteiger partial charge on any atom is -0.508 e. The fraction of sp³-hybridized carbons (Fsp3) is 0.385. The van der Waals surface area contributed by atoms with Gasteiger partial charge in [0, 0.05) is 18.7 Å². The van der Waals surface area contributed by atoms with Crippen LogP contribution in [-0.4, -0.2) is 51.4 Å². The maximum absolute atomic E-state index is 12.4. The van der Waals surface area contributed by atoms with E-state index in [0.29, 0.717) is 5.69 Å². The highest BCUT2D eigenvalue weighted by atomic mass is 16.3. The first-order chi connectivity index (χ1) is 9.90. The number of carbonyl (C=O) groups is 2. The van der Waals surface area contributed by atoms with Gasteiger partial charge in [0.2, 0.25) is 0 Å². The molecule has 2 aliphatic rings. The monoisotopic (exact) mass is 292 g/mol. The van der Waals surface area contributed by atoms with Crippen LogP contribution in [0.3, 0.4) is 0 Å².